The van der Waals surface area contributed by atoms with Gasteiger partial charge in [0.2, 0.25) is 0 Å². The fourth-order valence-electron chi connectivity index (χ4n) is 2.51. The van der Waals surface area contributed by atoms with Crippen LogP contribution in [0.25, 0.3) is 0 Å². The molecule has 0 radical (unpaired) electrons. The van der Waals surface area contributed by atoms with Crippen LogP contribution in [0.1, 0.15) is 24.1 Å². The van der Waals surface area contributed by atoms with Gasteiger partial charge in [0.05, 0.1) is 12.1 Å². The number of nitrogens with one attached hydrogen (secondary N) is 1. The van der Waals surface area contributed by atoms with Crippen molar-refractivity contribution >= 4 is 0 Å². The number of nitrogens with two attached hydrogens (primary N) is 1. The minimum absolute atomic E-state index is 0.103. The highest BCUT2D eigenvalue weighted by Crippen LogP contribution is 2.27. The van der Waals surface area contributed by atoms with E-state index >= 15 is 0 Å². The third kappa shape index (κ3) is 5.74. The largest absolute Gasteiger partial charge is 0.573 e. The van der Waals surface area contributed by atoms with Gasteiger partial charge in [-0.05, 0) is 18.6 Å². The van der Waals surface area contributed by atoms with Crippen molar-refractivity contribution in [1.29, 1.82) is 0 Å². The van der Waals surface area contributed by atoms with Gasteiger partial charge in [0.25, 0.3) is 0 Å². The van der Waals surface area contributed by atoms with E-state index in [1.165, 1.54) is 12.1 Å². The molecule has 0 amide bonds. The fraction of sp³-hybridized carbons (Fsp3) is 0.333. The fourth-order valence-corrected chi connectivity index (χ4v) is 2.51. The maximum absolute atomic E-state index is 12.5. The van der Waals surface area contributed by atoms with Crippen LogP contribution < -0.4 is 15.8 Å². The van der Waals surface area contributed by atoms with Crippen LogP contribution >= 0.6 is 0 Å². The average Bonchev–Trinajstić information content (AvgIpc) is 2.56. The monoisotopic (exact) mass is 354 g/mol. The number of alkyl halides is 3. The molecule has 0 saturated carbocycles. The van der Waals surface area contributed by atoms with E-state index in [0.717, 1.165) is 5.56 Å². The van der Waals surface area contributed by atoms with Gasteiger partial charge in [0, 0.05) is 18.2 Å². The van der Waals surface area contributed by atoms with E-state index in [1.807, 2.05) is 30.3 Å². The Balaban J connectivity index is 2.19. The van der Waals surface area contributed by atoms with Crippen molar-refractivity contribution in [1.82, 2.24) is 5.32 Å². The van der Waals surface area contributed by atoms with Crippen LogP contribution in [-0.4, -0.2) is 23.6 Å². The summed E-state index contributed by atoms with van der Waals surface area (Å²) in [4.78, 5) is 0. The molecule has 2 aromatic carbocycles. The Kier molecular flexibility index (Phi) is 6.41. The Hall–Kier alpha value is -2.09. The molecule has 0 aliphatic carbocycles. The first kappa shape index (κ1) is 19.2. The lowest BCUT2D eigenvalue weighted by molar-refractivity contribution is -0.274. The number of benzene rings is 2. The van der Waals surface area contributed by atoms with E-state index in [2.05, 4.69) is 10.1 Å². The van der Waals surface area contributed by atoms with Crippen molar-refractivity contribution in [3.05, 3.63) is 65.7 Å². The number of hydrogen-bond acceptors (Lipinski definition) is 4. The number of hydrogen-bond donors (Lipinski definition) is 3. The van der Waals surface area contributed by atoms with Crippen LogP contribution in [0, 0.1) is 0 Å². The number of halogens is 3. The summed E-state index contributed by atoms with van der Waals surface area (Å²) in [6.45, 7) is 1.68. The van der Waals surface area contributed by atoms with Crippen molar-refractivity contribution in [2.45, 2.75) is 38.0 Å². The van der Waals surface area contributed by atoms with E-state index in [4.69, 9.17) is 5.73 Å². The summed E-state index contributed by atoms with van der Waals surface area (Å²) in [6.07, 6.45) is -5.55. The molecule has 0 aliphatic rings. The van der Waals surface area contributed by atoms with Crippen molar-refractivity contribution < 1.29 is 23.0 Å². The molecule has 7 heteroatoms. The van der Waals surface area contributed by atoms with Gasteiger partial charge in [-0.15, -0.1) is 13.2 Å². The van der Waals surface area contributed by atoms with Crippen LogP contribution in [0.5, 0.6) is 5.75 Å². The van der Waals surface area contributed by atoms with Crippen molar-refractivity contribution in [3.8, 4) is 5.75 Å². The van der Waals surface area contributed by atoms with Gasteiger partial charge in [0.1, 0.15) is 5.75 Å². The van der Waals surface area contributed by atoms with E-state index < -0.39 is 24.6 Å². The molecule has 2 aromatic rings. The minimum Gasteiger partial charge on any atom is -0.405 e. The lowest BCUT2D eigenvalue weighted by Gasteiger charge is -2.28. The highest BCUT2D eigenvalue weighted by Gasteiger charge is 2.32. The molecule has 0 aromatic heterocycles. The molecular formula is C18H21F3N2O2. The lowest BCUT2D eigenvalue weighted by atomic mass is 9.96. The van der Waals surface area contributed by atoms with Gasteiger partial charge in [-0.2, -0.15) is 0 Å². The van der Waals surface area contributed by atoms with Gasteiger partial charge in [-0.25, -0.2) is 0 Å². The SMILES string of the molecule is C[C@@H](O)[C@@H](N)C(NCc1ccccc1OC(F)(F)F)c1ccccc1. The molecule has 3 atom stereocenters. The van der Waals surface area contributed by atoms with E-state index in [-0.39, 0.29) is 12.3 Å². The van der Waals surface area contributed by atoms with E-state index in [0.29, 0.717) is 5.56 Å². The summed E-state index contributed by atoms with van der Waals surface area (Å²) in [7, 11) is 0. The summed E-state index contributed by atoms with van der Waals surface area (Å²) in [6, 6.07) is 14.1. The van der Waals surface area contributed by atoms with Crippen LogP contribution in [0.2, 0.25) is 0 Å². The summed E-state index contributed by atoms with van der Waals surface area (Å²) in [5, 5.41) is 12.9. The number of para-hydroxylation sites is 1. The van der Waals surface area contributed by atoms with Crippen molar-refractivity contribution in [2.24, 2.45) is 5.73 Å². The summed E-state index contributed by atoms with van der Waals surface area (Å²) in [5.74, 6) is -0.264. The van der Waals surface area contributed by atoms with Gasteiger partial charge in [-0.1, -0.05) is 48.5 Å². The molecule has 0 fully saturated rings. The topological polar surface area (TPSA) is 67.5 Å². The van der Waals surface area contributed by atoms with Gasteiger partial charge in [-0.3, -0.25) is 0 Å². The molecule has 136 valence electrons. The molecule has 25 heavy (non-hydrogen) atoms. The first-order valence-corrected chi connectivity index (χ1v) is 7.83. The first-order valence-electron chi connectivity index (χ1n) is 7.83. The summed E-state index contributed by atoms with van der Waals surface area (Å²) >= 11 is 0. The molecule has 0 aliphatic heterocycles. The highest BCUT2D eigenvalue weighted by atomic mass is 19.4. The second-order valence-electron chi connectivity index (χ2n) is 5.74. The van der Waals surface area contributed by atoms with E-state index in [9.17, 15) is 18.3 Å². The van der Waals surface area contributed by atoms with E-state index in [1.54, 1.807) is 19.1 Å². The number of ether oxygens (including phenoxy) is 1. The maximum atomic E-state index is 12.5. The first-order chi connectivity index (χ1) is 11.8. The molecule has 0 heterocycles. The molecule has 4 nitrogen and oxygen atoms in total. The van der Waals surface area contributed by atoms with Crippen LogP contribution in [0.15, 0.2) is 54.6 Å². The average molecular weight is 354 g/mol. The normalized spacial score (nSPS) is 15.4. The third-order valence-corrected chi connectivity index (χ3v) is 3.81. The second kappa shape index (κ2) is 8.33. The Morgan fingerprint density at radius 3 is 2.28 bits per heavy atom. The molecule has 2 rings (SSSR count). The summed E-state index contributed by atoms with van der Waals surface area (Å²) in [5.41, 5.74) is 7.26. The van der Waals surface area contributed by atoms with Crippen LogP contribution in [-0.2, 0) is 6.54 Å². The van der Waals surface area contributed by atoms with Gasteiger partial charge in [0.15, 0.2) is 0 Å². The van der Waals surface area contributed by atoms with Gasteiger partial charge < -0.3 is 20.9 Å². The number of aliphatic hydroxyl groups is 1. The zero-order chi connectivity index (χ0) is 18.4. The van der Waals surface area contributed by atoms with Gasteiger partial charge >= 0.3 is 6.36 Å². The lowest BCUT2D eigenvalue weighted by Crippen LogP contribution is -2.44. The van der Waals surface area contributed by atoms with Crippen molar-refractivity contribution in [2.75, 3.05) is 0 Å². The molecule has 4 N–H and O–H groups in total. The zero-order valence-electron chi connectivity index (χ0n) is 13.7. The molecular weight excluding hydrogens is 333 g/mol. The molecule has 0 spiro atoms. The highest BCUT2D eigenvalue weighted by molar-refractivity contribution is 5.33. The Bertz CT molecular complexity index is 663. The molecule has 0 saturated heterocycles. The number of aliphatic hydroxyl groups excluding tert-OH is 1. The molecule has 0 bridgehead atoms. The summed E-state index contributed by atoms with van der Waals surface area (Å²) < 4.78 is 41.6. The standard InChI is InChI=1S/C18H21F3N2O2/c1-12(24)16(22)17(13-7-3-2-4-8-13)23-11-14-9-5-6-10-15(14)25-18(19,20)21/h2-10,12,16-17,23-24H,11,22H2,1H3/t12-,16-,17?/m1/s1. The predicted molar refractivity (Wildman–Crippen MR) is 88.8 cm³/mol. The Labute approximate surface area is 144 Å². The van der Waals surface area contributed by atoms with Crippen LogP contribution in [0.3, 0.4) is 0 Å². The zero-order valence-corrected chi connectivity index (χ0v) is 13.7. The third-order valence-electron chi connectivity index (χ3n) is 3.81. The maximum Gasteiger partial charge on any atom is 0.573 e. The van der Waals surface area contributed by atoms with Crippen LogP contribution in [0.4, 0.5) is 13.2 Å². The Morgan fingerprint density at radius 2 is 1.68 bits per heavy atom. The number of rotatable bonds is 7. The second-order valence-corrected chi connectivity index (χ2v) is 5.74. The minimum atomic E-state index is -4.76. The Morgan fingerprint density at radius 1 is 1.08 bits per heavy atom. The predicted octanol–water partition coefficient (Wildman–Crippen LogP) is 3.12. The quantitative estimate of drug-likeness (QED) is 0.715. The van der Waals surface area contributed by atoms with Crippen molar-refractivity contribution in [3.63, 3.8) is 0 Å². The smallest absolute Gasteiger partial charge is 0.405 e. The molecule has 1 unspecified atom stereocenters.